The van der Waals surface area contributed by atoms with Crippen LogP contribution in [0.3, 0.4) is 0 Å². The van der Waals surface area contributed by atoms with E-state index in [2.05, 4.69) is 47.5 Å². The summed E-state index contributed by atoms with van der Waals surface area (Å²) < 4.78 is 0. The van der Waals surface area contributed by atoms with Gasteiger partial charge in [-0.05, 0) is 43.8 Å². The van der Waals surface area contributed by atoms with Gasteiger partial charge in [0.1, 0.15) is 0 Å². The molecule has 2 aliphatic rings. The Bertz CT molecular complexity index is 477. The minimum Gasteiger partial charge on any atom is -0.339 e. The molecule has 1 aliphatic carbocycles. The molecule has 0 bridgehead atoms. The van der Waals surface area contributed by atoms with Crippen molar-refractivity contribution >= 4 is 5.91 Å². The van der Waals surface area contributed by atoms with Crippen LogP contribution in [0.1, 0.15) is 38.2 Å². The summed E-state index contributed by atoms with van der Waals surface area (Å²) in [5.41, 5.74) is 1.33. The molecule has 1 N–H and O–H groups in total. The van der Waals surface area contributed by atoms with Gasteiger partial charge in [0.25, 0.3) is 0 Å². The van der Waals surface area contributed by atoms with E-state index in [0.717, 1.165) is 26.1 Å². The summed E-state index contributed by atoms with van der Waals surface area (Å²) in [5, 5.41) is 3.29. The smallest absolute Gasteiger partial charge is 0.226 e. The Kier molecular flexibility index (Phi) is 5.14. The maximum atomic E-state index is 13.0. The van der Waals surface area contributed by atoms with Crippen LogP contribution in [0.4, 0.5) is 0 Å². The highest BCUT2D eigenvalue weighted by Gasteiger charge is 2.34. The van der Waals surface area contributed by atoms with Crippen molar-refractivity contribution in [3.8, 4) is 0 Å². The standard InChI is InChI=1S/C19H28N2O/c1-15(17-13-20-14-17)19(22)21(18-9-5-6-10-18)12-11-16-7-3-2-4-8-16/h2-4,7-8,15,17-18,20H,5-6,9-14H2,1H3. The fraction of sp³-hybridized carbons (Fsp3) is 0.632. The zero-order chi connectivity index (χ0) is 15.4. The Morgan fingerprint density at radius 3 is 2.50 bits per heavy atom. The number of nitrogens with zero attached hydrogens (tertiary/aromatic N) is 1. The van der Waals surface area contributed by atoms with E-state index in [1.165, 1.54) is 31.2 Å². The fourth-order valence-corrected chi connectivity index (χ4v) is 3.71. The van der Waals surface area contributed by atoms with E-state index in [4.69, 9.17) is 0 Å². The molecule has 1 aromatic rings. The van der Waals surface area contributed by atoms with Crippen molar-refractivity contribution in [2.24, 2.45) is 11.8 Å². The van der Waals surface area contributed by atoms with Crippen molar-refractivity contribution in [1.82, 2.24) is 10.2 Å². The van der Waals surface area contributed by atoms with Crippen molar-refractivity contribution in [2.75, 3.05) is 19.6 Å². The molecule has 1 aliphatic heterocycles. The summed E-state index contributed by atoms with van der Waals surface area (Å²) >= 11 is 0. The number of rotatable bonds is 6. The first-order valence-corrected chi connectivity index (χ1v) is 8.81. The highest BCUT2D eigenvalue weighted by Crippen LogP contribution is 2.27. The SMILES string of the molecule is CC(C(=O)N(CCc1ccccc1)C1CCCC1)C1CNC1. The first-order chi connectivity index (χ1) is 10.8. The first kappa shape index (κ1) is 15.5. The van der Waals surface area contributed by atoms with Crippen molar-refractivity contribution in [2.45, 2.75) is 45.1 Å². The molecule has 1 saturated carbocycles. The highest BCUT2D eigenvalue weighted by molar-refractivity contribution is 5.79. The molecule has 1 atom stereocenters. The molecule has 1 unspecified atom stereocenters. The van der Waals surface area contributed by atoms with Gasteiger partial charge in [0.15, 0.2) is 0 Å². The molecule has 120 valence electrons. The summed E-state index contributed by atoms with van der Waals surface area (Å²) in [4.78, 5) is 15.2. The molecule has 0 radical (unpaired) electrons. The minimum absolute atomic E-state index is 0.164. The molecule has 0 spiro atoms. The van der Waals surface area contributed by atoms with Crippen LogP contribution in [-0.4, -0.2) is 36.5 Å². The molecule has 1 amide bonds. The first-order valence-electron chi connectivity index (χ1n) is 8.81. The lowest BCUT2D eigenvalue weighted by Gasteiger charge is -2.37. The predicted octanol–water partition coefficient (Wildman–Crippen LogP) is 2.86. The Morgan fingerprint density at radius 1 is 1.23 bits per heavy atom. The van der Waals surface area contributed by atoms with Gasteiger partial charge in [0, 0.05) is 18.5 Å². The number of nitrogens with one attached hydrogen (secondary N) is 1. The van der Waals surface area contributed by atoms with Crippen LogP contribution in [0.2, 0.25) is 0 Å². The van der Waals surface area contributed by atoms with Crippen LogP contribution in [0.15, 0.2) is 30.3 Å². The summed E-state index contributed by atoms with van der Waals surface area (Å²) in [6.45, 7) is 5.00. The third-order valence-corrected chi connectivity index (χ3v) is 5.44. The lowest BCUT2D eigenvalue weighted by molar-refractivity contribution is -0.139. The second-order valence-corrected chi connectivity index (χ2v) is 6.91. The number of amides is 1. The Hall–Kier alpha value is -1.35. The number of hydrogen-bond donors (Lipinski definition) is 1. The van der Waals surface area contributed by atoms with Crippen LogP contribution in [-0.2, 0) is 11.2 Å². The van der Waals surface area contributed by atoms with E-state index in [0.29, 0.717) is 17.9 Å². The van der Waals surface area contributed by atoms with Gasteiger partial charge in [0.05, 0.1) is 0 Å². The molecule has 3 rings (SSSR count). The zero-order valence-corrected chi connectivity index (χ0v) is 13.6. The summed E-state index contributed by atoms with van der Waals surface area (Å²) in [6.07, 6.45) is 5.91. The van der Waals surface area contributed by atoms with E-state index in [9.17, 15) is 4.79 Å². The van der Waals surface area contributed by atoms with Crippen molar-refractivity contribution in [1.29, 1.82) is 0 Å². The summed E-state index contributed by atoms with van der Waals surface area (Å²) in [6, 6.07) is 11.0. The normalized spacial score (nSPS) is 20.6. The quantitative estimate of drug-likeness (QED) is 0.876. The maximum Gasteiger partial charge on any atom is 0.226 e. The van der Waals surface area contributed by atoms with Gasteiger partial charge in [-0.25, -0.2) is 0 Å². The lowest BCUT2D eigenvalue weighted by Crippen LogP contribution is -2.52. The minimum atomic E-state index is 0.164. The third kappa shape index (κ3) is 3.52. The molecule has 22 heavy (non-hydrogen) atoms. The molecule has 3 nitrogen and oxygen atoms in total. The number of benzene rings is 1. The number of carbonyl (C=O) groups is 1. The topological polar surface area (TPSA) is 32.3 Å². The van der Waals surface area contributed by atoms with E-state index in [1.54, 1.807) is 0 Å². The number of hydrogen-bond acceptors (Lipinski definition) is 2. The highest BCUT2D eigenvalue weighted by atomic mass is 16.2. The maximum absolute atomic E-state index is 13.0. The van der Waals surface area contributed by atoms with Gasteiger partial charge in [-0.2, -0.15) is 0 Å². The Labute approximate surface area is 134 Å². The van der Waals surface area contributed by atoms with Gasteiger partial charge in [-0.1, -0.05) is 50.1 Å². The predicted molar refractivity (Wildman–Crippen MR) is 89.6 cm³/mol. The molecular formula is C19H28N2O. The van der Waals surface area contributed by atoms with Crippen LogP contribution in [0.5, 0.6) is 0 Å². The van der Waals surface area contributed by atoms with Gasteiger partial charge >= 0.3 is 0 Å². The molecule has 2 fully saturated rings. The summed E-state index contributed by atoms with van der Waals surface area (Å²) in [7, 11) is 0. The molecular weight excluding hydrogens is 272 g/mol. The average molecular weight is 300 g/mol. The van der Waals surface area contributed by atoms with Crippen LogP contribution in [0.25, 0.3) is 0 Å². The van der Waals surface area contributed by atoms with Gasteiger partial charge in [0.2, 0.25) is 5.91 Å². The van der Waals surface area contributed by atoms with E-state index >= 15 is 0 Å². The van der Waals surface area contributed by atoms with Gasteiger partial charge in [-0.3, -0.25) is 4.79 Å². The van der Waals surface area contributed by atoms with E-state index in [1.807, 2.05) is 0 Å². The Balaban J connectivity index is 1.64. The van der Waals surface area contributed by atoms with Crippen LogP contribution >= 0.6 is 0 Å². The largest absolute Gasteiger partial charge is 0.339 e. The van der Waals surface area contributed by atoms with E-state index in [-0.39, 0.29) is 5.92 Å². The second-order valence-electron chi connectivity index (χ2n) is 6.91. The van der Waals surface area contributed by atoms with E-state index < -0.39 is 0 Å². The molecule has 1 heterocycles. The van der Waals surface area contributed by atoms with Crippen molar-refractivity contribution < 1.29 is 4.79 Å². The Morgan fingerprint density at radius 2 is 1.91 bits per heavy atom. The molecule has 0 aromatic heterocycles. The second kappa shape index (κ2) is 7.28. The zero-order valence-electron chi connectivity index (χ0n) is 13.6. The summed E-state index contributed by atoms with van der Waals surface area (Å²) in [5.74, 6) is 1.08. The van der Waals surface area contributed by atoms with Crippen molar-refractivity contribution in [3.63, 3.8) is 0 Å². The third-order valence-electron chi connectivity index (χ3n) is 5.44. The molecule has 1 aromatic carbocycles. The van der Waals surface area contributed by atoms with Crippen LogP contribution < -0.4 is 5.32 Å². The van der Waals surface area contributed by atoms with Gasteiger partial charge in [-0.15, -0.1) is 0 Å². The van der Waals surface area contributed by atoms with Crippen LogP contribution in [0, 0.1) is 11.8 Å². The lowest BCUT2D eigenvalue weighted by atomic mass is 9.87. The average Bonchev–Trinajstić information content (AvgIpc) is 3.00. The van der Waals surface area contributed by atoms with Crippen molar-refractivity contribution in [3.05, 3.63) is 35.9 Å². The fourth-order valence-electron chi connectivity index (χ4n) is 3.71. The number of carbonyl (C=O) groups excluding carboxylic acids is 1. The van der Waals surface area contributed by atoms with Gasteiger partial charge < -0.3 is 10.2 Å². The monoisotopic (exact) mass is 300 g/mol. The molecule has 3 heteroatoms. The molecule has 1 saturated heterocycles.